The Hall–Kier alpha value is -3.98. The van der Waals surface area contributed by atoms with E-state index in [0.29, 0.717) is 5.92 Å². The highest BCUT2D eigenvalue weighted by molar-refractivity contribution is 6.13. The van der Waals surface area contributed by atoms with Gasteiger partial charge in [0.2, 0.25) is 0 Å². The third kappa shape index (κ3) is 6.02. The van der Waals surface area contributed by atoms with E-state index < -0.39 is 0 Å². The van der Waals surface area contributed by atoms with Crippen molar-refractivity contribution >= 4 is 17.6 Å². The van der Waals surface area contributed by atoms with Gasteiger partial charge in [0.25, 0.3) is 0 Å². The van der Waals surface area contributed by atoms with Gasteiger partial charge in [-0.1, -0.05) is 130 Å². The van der Waals surface area contributed by atoms with Crippen molar-refractivity contribution in [2.75, 3.05) is 0 Å². The predicted octanol–water partition coefficient (Wildman–Crippen LogP) is 9.85. The van der Waals surface area contributed by atoms with Gasteiger partial charge in [-0.15, -0.1) is 0 Å². The topological polar surface area (TPSA) is 36.8 Å². The molecule has 0 radical (unpaired) electrons. The third-order valence-electron chi connectivity index (χ3n) is 11.0. The summed E-state index contributed by atoms with van der Waals surface area (Å²) < 4.78 is 0. The van der Waals surface area contributed by atoms with Crippen molar-refractivity contribution in [3.63, 3.8) is 0 Å². The largest absolute Gasteiger partial charge is 0.360 e. The summed E-state index contributed by atoms with van der Waals surface area (Å²) in [5, 5.41) is 3.79. The number of nitrogens with one attached hydrogen (secondary N) is 1. The standard InChI is InChI=1S/C42H47N3/c1-31-15-17-35(18-16-31)40-44-38(32-12-6-3-7-13-32)30-39(45-40)33-19-21-36(22-20-33)42(25-9-5-10-26-42)41(2)27-23-34(24-28-41)37-14-8-4-11-29-43-37/h3-4,6-7,11-13,15,17-24,27,29-31,37,40,45H,5,8-10,14,16,25-26,28H2,1-2H3. The van der Waals surface area contributed by atoms with Gasteiger partial charge < -0.3 is 5.32 Å². The van der Waals surface area contributed by atoms with E-state index in [-0.39, 0.29) is 23.0 Å². The number of nitrogens with zero attached hydrogens (tertiary/aromatic N) is 2. The zero-order valence-electron chi connectivity index (χ0n) is 27.0. The summed E-state index contributed by atoms with van der Waals surface area (Å²) >= 11 is 0. The average Bonchev–Trinajstić information content (AvgIpc) is 3.39. The molecule has 0 spiro atoms. The minimum atomic E-state index is -0.0887. The van der Waals surface area contributed by atoms with Crippen LogP contribution in [-0.4, -0.2) is 24.1 Å². The van der Waals surface area contributed by atoms with E-state index in [1.165, 1.54) is 54.4 Å². The Labute approximate surface area is 270 Å². The molecule has 7 rings (SSSR count). The molecule has 45 heavy (non-hydrogen) atoms. The van der Waals surface area contributed by atoms with Gasteiger partial charge in [0.15, 0.2) is 0 Å². The van der Waals surface area contributed by atoms with Crippen LogP contribution >= 0.6 is 0 Å². The van der Waals surface area contributed by atoms with Gasteiger partial charge >= 0.3 is 0 Å². The van der Waals surface area contributed by atoms with Gasteiger partial charge in [-0.05, 0) is 89.8 Å². The van der Waals surface area contributed by atoms with Crippen LogP contribution in [-0.2, 0) is 5.41 Å². The van der Waals surface area contributed by atoms with Gasteiger partial charge in [0, 0.05) is 17.3 Å². The normalized spacial score (nSPS) is 29.2. The maximum absolute atomic E-state index is 5.18. The summed E-state index contributed by atoms with van der Waals surface area (Å²) in [6.45, 7) is 4.78. The molecule has 0 bridgehead atoms. The Bertz CT molecular complexity index is 1620. The van der Waals surface area contributed by atoms with Crippen molar-refractivity contribution in [3.8, 4) is 0 Å². The number of hydrogen-bond acceptors (Lipinski definition) is 3. The highest BCUT2D eigenvalue weighted by Crippen LogP contribution is 2.55. The number of rotatable bonds is 6. The quantitative estimate of drug-likeness (QED) is 0.356. The van der Waals surface area contributed by atoms with Crippen LogP contribution in [0.3, 0.4) is 0 Å². The summed E-state index contributed by atoms with van der Waals surface area (Å²) in [7, 11) is 0. The van der Waals surface area contributed by atoms with Crippen LogP contribution in [0.15, 0.2) is 130 Å². The van der Waals surface area contributed by atoms with E-state index in [2.05, 4.69) is 128 Å². The number of benzene rings is 2. The molecule has 3 aliphatic carbocycles. The lowest BCUT2D eigenvalue weighted by Gasteiger charge is -2.51. The van der Waals surface area contributed by atoms with Crippen LogP contribution in [0.5, 0.6) is 0 Å². The first-order valence-corrected chi connectivity index (χ1v) is 17.2. The Morgan fingerprint density at radius 3 is 2.42 bits per heavy atom. The van der Waals surface area contributed by atoms with Gasteiger partial charge in [0.05, 0.1) is 11.8 Å². The van der Waals surface area contributed by atoms with E-state index >= 15 is 0 Å². The van der Waals surface area contributed by atoms with Crippen LogP contribution in [0, 0.1) is 11.3 Å². The molecule has 0 amide bonds. The van der Waals surface area contributed by atoms with Crippen molar-refractivity contribution in [2.45, 2.75) is 89.3 Å². The molecule has 3 nitrogen and oxygen atoms in total. The Kier molecular flexibility index (Phi) is 8.45. The van der Waals surface area contributed by atoms with E-state index in [1.807, 2.05) is 6.21 Å². The van der Waals surface area contributed by atoms with Crippen molar-refractivity contribution in [3.05, 3.63) is 137 Å². The maximum atomic E-state index is 5.18. The fourth-order valence-electron chi connectivity index (χ4n) is 8.13. The van der Waals surface area contributed by atoms with Crippen molar-refractivity contribution < 1.29 is 0 Å². The average molecular weight is 594 g/mol. The second kappa shape index (κ2) is 12.8. The molecule has 1 N–H and O–H groups in total. The predicted molar refractivity (Wildman–Crippen MR) is 191 cm³/mol. The third-order valence-corrected chi connectivity index (χ3v) is 11.0. The fourth-order valence-corrected chi connectivity index (χ4v) is 8.13. The molecule has 2 aromatic rings. The molecule has 2 heterocycles. The molecular weight excluding hydrogens is 546 g/mol. The van der Waals surface area contributed by atoms with Crippen molar-refractivity contribution in [1.82, 2.24) is 5.32 Å². The molecular formula is C42H47N3. The van der Waals surface area contributed by atoms with Gasteiger partial charge in [-0.2, -0.15) is 0 Å². The zero-order chi connectivity index (χ0) is 30.7. The lowest BCUT2D eigenvalue weighted by molar-refractivity contribution is 0.136. The Morgan fingerprint density at radius 2 is 1.69 bits per heavy atom. The van der Waals surface area contributed by atoms with Gasteiger partial charge in [0.1, 0.15) is 6.17 Å². The van der Waals surface area contributed by atoms with E-state index in [0.717, 1.165) is 42.7 Å². The van der Waals surface area contributed by atoms with E-state index in [1.54, 1.807) is 0 Å². The smallest absolute Gasteiger partial charge is 0.145 e. The van der Waals surface area contributed by atoms with Crippen molar-refractivity contribution in [1.29, 1.82) is 0 Å². The van der Waals surface area contributed by atoms with Crippen LogP contribution in [0.1, 0.15) is 88.3 Å². The van der Waals surface area contributed by atoms with Gasteiger partial charge in [-0.25, -0.2) is 0 Å². The van der Waals surface area contributed by atoms with E-state index in [9.17, 15) is 0 Å². The molecule has 5 aliphatic rings. The molecule has 0 saturated heterocycles. The monoisotopic (exact) mass is 593 g/mol. The summed E-state index contributed by atoms with van der Waals surface area (Å²) in [6.07, 6.45) is 33.6. The SMILES string of the molecule is CC1C=CC(C2N=C(c3ccccc3)C=C(c3ccc(C4(C5(C)C=CC(C6CCC=CC=N6)=CC5)CCCCC4)cc3)N2)=CC1. The van der Waals surface area contributed by atoms with Crippen LogP contribution in [0.2, 0.25) is 0 Å². The molecule has 1 saturated carbocycles. The second-order valence-electron chi connectivity index (χ2n) is 14.0. The van der Waals surface area contributed by atoms with Crippen LogP contribution < -0.4 is 5.32 Å². The molecule has 2 aliphatic heterocycles. The van der Waals surface area contributed by atoms with Crippen LogP contribution in [0.4, 0.5) is 0 Å². The first-order chi connectivity index (χ1) is 22.0. The maximum Gasteiger partial charge on any atom is 0.145 e. The zero-order valence-corrected chi connectivity index (χ0v) is 27.0. The van der Waals surface area contributed by atoms with Crippen molar-refractivity contribution in [2.24, 2.45) is 21.3 Å². The lowest BCUT2D eigenvalue weighted by Crippen LogP contribution is -2.45. The minimum absolute atomic E-state index is 0.0860. The second-order valence-corrected chi connectivity index (χ2v) is 14.0. The molecule has 4 atom stereocenters. The van der Waals surface area contributed by atoms with Gasteiger partial charge in [-0.3, -0.25) is 9.98 Å². The molecule has 3 heteroatoms. The number of allylic oxidation sites excluding steroid dienone is 7. The molecule has 230 valence electrons. The lowest BCUT2D eigenvalue weighted by atomic mass is 9.52. The summed E-state index contributed by atoms with van der Waals surface area (Å²) in [5.74, 6) is 0.579. The van der Waals surface area contributed by atoms with E-state index in [4.69, 9.17) is 9.98 Å². The first-order valence-electron chi connectivity index (χ1n) is 17.2. The Morgan fingerprint density at radius 1 is 0.867 bits per heavy atom. The summed E-state index contributed by atoms with van der Waals surface area (Å²) in [6, 6.07) is 20.5. The minimum Gasteiger partial charge on any atom is -0.360 e. The number of aliphatic imine (C=N–C) groups is 2. The molecule has 4 unspecified atom stereocenters. The van der Waals surface area contributed by atoms with Crippen LogP contribution in [0.25, 0.3) is 5.70 Å². The Balaban J connectivity index is 1.18. The molecule has 1 fully saturated rings. The summed E-state index contributed by atoms with van der Waals surface area (Å²) in [4.78, 5) is 10.0. The highest BCUT2D eigenvalue weighted by Gasteiger charge is 2.48. The highest BCUT2D eigenvalue weighted by atomic mass is 15.1. The first kappa shape index (κ1) is 29.7. The molecule has 0 aromatic heterocycles. The number of hydrogen-bond donors (Lipinski definition) is 1. The molecule has 2 aromatic carbocycles. The fraction of sp³-hybridized carbons (Fsp3) is 0.381. The summed E-state index contributed by atoms with van der Waals surface area (Å²) in [5.41, 5.74) is 8.91.